The minimum Gasteiger partial charge on any atom is -0.387 e. The average Bonchev–Trinajstić information content (AvgIpc) is 2.45. The smallest absolute Gasteiger partial charge is 0.159 e. The van der Waals surface area contributed by atoms with Crippen molar-refractivity contribution >= 4 is 0 Å². The predicted octanol–water partition coefficient (Wildman–Crippen LogP) is 2.32. The lowest BCUT2D eigenvalue weighted by molar-refractivity contribution is 0.173. The summed E-state index contributed by atoms with van der Waals surface area (Å²) in [7, 11) is 0. The van der Waals surface area contributed by atoms with Crippen LogP contribution in [0.5, 0.6) is 0 Å². The van der Waals surface area contributed by atoms with E-state index in [1.54, 1.807) is 0 Å². The van der Waals surface area contributed by atoms with E-state index in [4.69, 9.17) is 0 Å². The zero-order valence-electron chi connectivity index (χ0n) is 12.2. The van der Waals surface area contributed by atoms with Gasteiger partial charge in [-0.15, -0.1) is 0 Å². The third-order valence-corrected chi connectivity index (χ3v) is 3.39. The summed E-state index contributed by atoms with van der Waals surface area (Å²) in [6.07, 6.45) is 0.171. The van der Waals surface area contributed by atoms with Crippen LogP contribution in [0.15, 0.2) is 18.2 Å². The molecule has 1 aromatic rings. The van der Waals surface area contributed by atoms with E-state index in [-0.39, 0.29) is 0 Å². The second-order valence-electron chi connectivity index (χ2n) is 4.77. The molecule has 1 atom stereocenters. The summed E-state index contributed by atoms with van der Waals surface area (Å²) in [5, 5.41) is 13.0. The molecular formula is C15H24F2N2O. The lowest BCUT2D eigenvalue weighted by atomic mass is 10.1. The highest BCUT2D eigenvalue weighted by molar-refractivity contribution is 5.20. The van der Waals surface area contributed by atoms with E-state index >= 15 is 0 Å². The maximum atomic E-state index is 13.0. The second-order valence-corrected chi connectivity index (χ2v) is 4.77. The Balaban J connectivity index is 2.26. The molecular weight excluding hydrogens is 262 g/mol. The van der Waals surface area contributed by atoms with Gasteiger partial charge in [0.15, 0.2) is 11.6 Å². The van der Waals surface area contributed by atoms with Crippen LogP contribution in [0, 0.1) is 11.6 Å². The lowest BCUT2D eigenvalue weighted by Gasteiger charge is -2.18. The van der Waals surface area contributed by atoms with Gasteiger partial charge in [-0.05, 0) is 50.3 Å². The fourth-order valence-corrected chi connectivity index (χ4v) is 2.04. The minimum atomic E-state index is -0.928. The van der Waals surface area contributed by atoms with Crippen molar-refractivity contribution < 1.29 is 13.9 Å². The Labute approximate surface area is 119 Å². The molecule has 1 aromatic carbocycles. The van der Waals surface area contributed by atoms with Crippen molar-refractivity contribution in [2.24, 2.45) is 0 Å². The molecule has 0 aliphatic carbocycles. The summed E-state index contributed by atoms with van der Waals surface area (Å²) in [5.74, 6) is -1.82. The molecule has 0 heterocycles. The Morgan fingerprint density at radius 3 is 2.50 bits per heavy atom. The van der Waals surface area contributed by atoms with Crippen LogP contribution in [0.25, 0.3) is 0 Å². The lowest BCUT2D eigenvalue weighted by Crippen LogP contribution is -2.28. The highest BCUT2D eigenvalue weighted by atomic mass is 19.2. The van der Waals surface area contributed by atoms with Crippen LogP contribution >= 0.6 is 0 Å². The first-order valence-electron chi connectivity index (χ1n) is 7.14. The van der Waals surface area contributed by atoms with Gasteiger partial charge in [-0.1, -0.05) is 19.9 Å². The van der Waals surface area contributed by atoms with Crippen LogP contribution in [0.2, 0.25) is 0 Å². The van der Waals surface area contributed by atoms with E-state index in [0.717, 1.165) is 44.7 Å². The summed E-state index contributed by atoms with van der Waals surface area (Å²) in [6.45, 7) is 8.47. The summed E-state index contributed by atoms with van der Waals surface area (Å²) < 4.78 is 25.8. The van der Waals surface area contributed by atoms with Gasteiger partial charge in [0.25, 0.3) is 0 Å². The molecule has 114 valence electrons. The Morgan fingerprint density at radius 2 is 1.90 bits per heavy atom. The fourth-order valence-electron chi connectivity index (χ4n) is 2.04. The maximum Gasteiger partial charge on any atom is 0.159 e. The third kappa shape index (κ3) is 5.53. The molecule has 0 amide bonds. The van der Waals surface area contributed by atoms with Crippen LogP contribution < -0.4 is 5.32 Å². The predicted molar refractivity (Wildman–Crippen MR) is 76.6 cm³/mol. The van der Waals surface area contributed by atoms with E-state index in [2.05, 4.69) is 24.1 Å². The fraction of sp³-hybridized carbons (Fsp3) is 0.600. The molecule has 0 radical (unpaired) electrons. The molecule has 0 fully saturated rings. The molecule has 5 heteroatoms. The van der Waals surface area contributed by atoms with Crippen LogP contribution in [-0.4, -0.2) is 42.7 Å². The zero-order chi connectivity index (χ0) is 15.0. The van der Waals surface area contributed by atoms with Gasteiger partial charge in [0, 0.05) is 6.54 Å². The number of benzene rings is 1. The molecule has 3 nitrogen and oxygen atoms in total. The first-order valence-corrected chi connectivity index (χ1v) is 7.14. The van der Waals surface area contributed by atoms with Crippen LogP contribution in [-0.2, 0) is 0 Å². The molecule has 0 aliphatic rings. The third-order valence-electron chi connectivity index (χ3n) is 3.39. The molecule has 1 unspecified atom stereocenters. The largest absolute Gasteiger partial charge is 0.387 e. The monoisotopic (exact) mass is 286 g/mol. The Kier molecular flexibility index (Phi) is 7.65. The molecule has 0 saturated heterocycles. The SMILES string of the molecule is CCN(CC)CCCNCC(O)c1ccc(F)c(F)c1. The maximum absolute atomic E-state index is 13.0. The Hall–Kier alpha value is -1.04. The van der Waals surface area contributed by atoms with Gasteiger partial charge in [-0.3, -0.25) is 0 Å². The number of aliphatic hydroxyl groups is 1. The second kappa shape index (κ2) is 9.00. The molecule has 1 rings (SSSR count). The highest BCUT2D eigenvalue weighted by Crippen LogP contribution is 2.15. The number of nitrogens with zero attached hydrogens (tertiary/aromatic N) is 1. The molecule has 0 spiro atoms. The molecule has 0 aliphatic heterocycles. The number of hydrogen-bond donors (Lipinski definition) is 2. The van der Waals surface area contributed by atoms with Crippen molar-refractivity contribution in [3.05, 3.63) is 35.4 Å². The normalized spacial score (nSPS) is 12.9. The van der Waals surface area contributed by atoms with Gasteiger partial charge in [-0.2, -0.15) is 0 Å². The van der Waals surface area contributed by atoms with Crippen LogP contribution in [0.3, 0.4) is 0 Å². The van der Waals surface area contributed by atoms with Crippen molar-refractivity contribution in [2.75, 3.05) is 32.7 Å². The summed E-state index contributed by atoms with van der Waals surface area (Å²) in [4.78, 5) is 2.33. The average molecular weight is 286 g/mol. The van der Waals surface area contributed by atoms with E-state index in [0.29, 0.717) is 12.1 Å². The van der Waals surface area contributed by atoms with E-state index < -0.39 is 17.7 Å². The van der Waals surface area contributed by atoms with Crippen molar-refractivity contribution in [3.8, 4) is 0 Å². The van der Waals surface area contributed by atoms with Gasteiger partial charge < -0.3 is 15.3 Å². The summed E-state index contributed by atoms with van der Waals surface area (Å²) in [6, 6.07) is 3.48. The van der Waals surface area contributed by atoms with E-state index in [9.17, 15) is 13.9 Å². The molecule has 0 saturated carbocycles. The summed E-state index contributed by atoms with van der Waals surface area (Å²) in [5.41, 5.74) is 0.389. The van der Waals surface area contributed by atoms with E-state index in [1.165, 1.54) is 6.07 Å². The molecule has 0 bridgehead atoms. The Bertz CT molecular complexity index is 397. The van der Waals surface area contributed by atoms with Crippen molar-refractivity contribution in [2.45, 2.75) is 26.4 Å². The topological polar surface area (TPSA) is 35.5 Å². The minimum absolute atomic E-state index is 0.337. The molecule has 2 N–H and O–H groups in total. The summed E-state index contributed by atoms with van der Waals surface area (Å²) >= 11 is 0. The van der Waals surface area contributed by atoms with Crippen LogP contribution in [0.1, 0.15) is 31.9 Å². The van der Waals surface area contributed by atoms with Gasteiger partial charge in [0.05, 0.1) is 6.10 Å². The molecule has 0 aromatic heterocycles. The number of aliphatic hydroxyl groups excluding tert-OH is 1. The standard InChI is InChI=1S/C15H24F2N2O/c1-3-19(4-2)9-5-8-18-11-15(20)12-6-7-13(16)14(17)10-12/h6-7,10,15,18,20H,3-5,8-9,11H2,1-2H3. The molecule has 20 heavy (non-hydrogen) atoms. The first-order chi connectivity index (χ1) is 9.58. The number of halogens is 2. The van der Waals surface area contributed by atoms with E-state index in [1.807, 2.05) is 0 Å². The van der Waals surface area contributed by atoms with Gasteiger partial charge in [0.2, 0.25) is 0 Å². The number of rotatable bonds is 9. The Morgan fingerprint density at radius 1 is 1.20 bits per heavy atom. The quantitative estimate of drug-likeness (QED) is 0.684. The van der Waals surface area contributed by atoms with Gasteiger partial charge >= 0.3 is 0 Å². The van der Waals surface area contributed by atoms with Gasteiger partial charge in [-0.25, -0.2) is 8.78 Å². The number of nitrogens with one attached hydrogen (secondary N) is 1. The number of hydrogen-bond acceptors (Lipinski definition) is 3. The van der Waals surface area contributed by atoms with Crippen molar-refractivity contribution in [1.82, 2.24) is 10.2 Å². The van der Waals surface area contributed by atoms with Crippen LogP contribution in [0.4, 0.5) is 8.78 Å². The zero-order valence-corrected chi connectivity index (χ0v) is 12.2. The van der Waals surface area contributed by atoms with Crippen molar-refractivity contribution in [3.63, 3.8) is 0 Å². The first kappa shape index (κ1) is 17.0. The van der Waals surface area contributed by atoms with Gasteiger partial charge in [0.1, 0.15) is 0 Å². The highest BCUT2D eigenvalue weighted by Gasteiger charge is 2.10. The van der Waals surface area contributed by atoms with Crippen molar-refractivity contribution in [1.29, 1.82) is 0 Å².